The van der Waals surface area contributed by atoms with E-state index in [1.165, 1.54) is 60.4 Å². The molecule has 0 aliphatic heterocycles. The van der Waals surface area contributed by atoms with Crippen LogP contribution < -0.4 is 0 Å². The monoisotopic (exact) mass is 532 g/mol. The zero-order valence-electron chi connectivity index (χ0n) is 26.5. The predicted octanol–water partition coefficient (Wildman–Crippen LogP) is 12.1. The molecule has 0 radical (unpaired) electrons. The highest BCUT2D eigenvalue weighted by atomic mass is 19.1. The molecule has 216 valence electrons. The smallest absolute Gasteiger partial charge is 0.123 e. The van der Waals surface area contributed by atoms with Crippen LogP contribution in [-0.2, 0) is 12.8 Å². The third-order valence-corrected chi connectivity index (χ3v) is 6.73. The largest absolute Gasteiger partial charge is 0.207 e. The fraction of sp³-hybridized carbons (Fsp3) is 0.474. The summed E-state index contributed by atoms with van der Waals surface area (Å²) in [6.07, 6.45) is 25.8. The molecule has 0 nitrogen and oxygen atoms in total. The number of halogens is 1. The van der Waals surface area contributed by atoms with Crippen LogP contribution in [0.15, 0.2) is 72.8 Å². The molecule has 0 heterocycles. The van der Waals surface area contributed by atoms with Crippen molar-refractivity contribution in [1.29, 1.82) is 0 Å². The number of benzene rings is 2. The summed E-state index contributed by atoms with van der Waals surface area (Å²) in [7, 11) is 0. The van der Waals surface area contributed by atoms with Gasteiger partial charge in [-0.05, 0) is 88.1 Å². The zero-order valence-corrected chi connectivity index (χ0v) is 26.5. The Bertz CT molecular complexity index is 964. The second-order valence-electron chi connectivity index (χ2n) is 9.70. The van der Waals surface area contributed by atoms with Gasteiger partial charge in [0.1, 0.15) is 5.82 Å². The molecule has 0 saturated heterocycles. The van der Waals surface area contributed by atoms with Gasteiger partial charge in [-0.2, -0.15) is 0 Å². The van der Waals surface area contributed by atoms with Crippen LogP contribution in [0.4, 0.5) is 4.39 Å². The van der Waals surface area contributed by atoms with Crippen LogP contribution >= 0.6 is 0 Å². The highest BCUT2D eigenvalue weighted by Crippen LogP contribution is 2.26. The van der Waals surface area contributed by atoms with Crippen LogP contribution in [0, 0.1) is 31.5 Å². The van der Waals surface area contributed by atoms with E-state index in [4.69, 9.17) is 0 Å². The van der Waals surface area contributed by atoms with E-state index in [-0.39, 0.29) is 5.82 Å². The standard InChI is InChI=1S/C19H21F.C8H14.C7H14.C2H6.C2H2/c1-14(2)19-11-10-15(3)12-17(19)8-4-6-16-7-5-9-18(20)13-16;1-4-7-8(5-2)6-3;1-2-7-5-3-4-6-7;2*1-2/h5,7,9-13H,1,4,6,8H2,2-3H3;4-5,7H,6H2,1-3H3;7H,2-6H2,1H3;1-2H3;1-2H/b;7-4-,8-5-;;;. The van der Waals surface area contributed by atoms with Gasteiger partial charge in [-0.3, -0.25) is 0 Å². The van der Waals surface area contributed by atoms with Gasteiger partial charge in [-0.1, -0.05) is 132 Å². The van der Waals surface area contributed by atoms with Crippen molar-refractivity contribution >= 4 is 5.57 Å². The number of rotatable bonds is 8. The van der Waals surface area contributed by atoms with Crippen LogP contribution in [0.1, 0.15) is 116 Å². The minimum Gasteiger partial charge on any atom is -0.207 e. The molecule has 39 heavy (non-hydrogen) atoms. The van der Waals surface area contributed by atoms with Crippen LogP contribution in [-0.4, -0.2) is 0 Å². The Morgan fingerprint density at radius 1 is 1.00 bits per heavy atom. The first kappa shape index (κ1) is 38.3. The predicted molar refractivity (Wildman–Crippen MR) is 177 cm³/mol. The van der Waals surface area contributed by atoms with Crippen LogP contribution in [0.3, 0.4) is 0 Å². The van der Waals surface area contributed by atoms with Gasteiger partial charge >= 0.3 is 0 Å². The van der Waals surface area contributed by atoms with Gasteiger partial charge in [-0.15, -0.1) is 12.8 Å². The van der Waals surface area contributed by atoms with E-state index in [2.05, 4.69) is 83.5 Å². The maximum absolute atomic E-state index is 13.1. The molecule has 2 aromatic carbocycles. The summed E-state index contributed by atoms with van der Waals surface area (Å²) < 4.78 is 13.1. The Morgan fingerprint density at radius 2 is 1.64 bits per heavy atom. The third-order valence-electron chi connectivity index (χ3n) is 6.73. The van der Waals surface area contributed by atoms with Gasteiger partial charge in [0.15, 0.2) is 0 Å². The highest BCUT2D eigenvalue weighted by Gasteiger charge is 2.11. The van der Waals surface area contributed by atoms with Crippen molar-refractivity contribution in [3.05, 3.63) is 101 Å². The Kier molecular flexibility index (Phi) is 25.0. The first-order valence-corrected chi connectivity index (χ1v) is 15.0. The maximum atomic E-state index is 13.1. The normalized spacial score (nSPS) is 12.5. The van der Waals surface area contributed by atoms with Gasteiger partial charge < -0.3 is 0 Å². The average Bonchev–Trinajstić information content (AvgIpc) is 3.49. The quantitative estimate of drug-likeness (QED) is 0.234. The molecule has 2 aromatic rings. The third kappa shape index (κ3) is 18.1. The van der Waals surface area contributed by atoms with Gasteiger partial charge in [-0.25, -0.2) is 4.39 Å². The Labute approximate surface area is 242 Å². The molecule has 0 aromatic heterocycles. The molecular weight excluding hydrogens is 475 g/mol. The summed E-state index contributed by atoms with van der Waals surface area (Å²) >= 11 is 0. The second kappa shape index (κ2) is 25.4. The molecule has 0 bridgehead atoms. The highest BCUT2D eigenvalue weighted by molar-refractivity contribution is 5.65. The van der Waals surface area contributed by atoms with E-state index in [0.29, 0.717) is 0 Å². The van der Waals surface area contributed by atoms with Crippen LogP contribution in [0.5, 0.6) is 0 Å². The molecule has 1 aliphatic carbocycles. The minimum atomic E-state index is -0.152. The lowest BCUT2D eigenvalue weighted by atomic mass is 9.95. The summed E-state index contributed by atoms with van der Waals surface area (Å²) in [6, 6.07) is 13.4. The topological polar surface area (TPSA) is 0 Å². The Balaban J connectivity index is 0. The molecule has 0 N–H and O–H groups in total. The number of terminal acetylenes is 1. The van der Waals surface area contributed by atoms with E-state index in [9.17, 15) is 4.39 Å². The molecule has 1 heteroatoms. The van der Waals surface area contributed by atoms with Crippen LogP contribution in [0.25, 0.3) is 5.57 Å². The van der Waals surface area contributed by atoms with E-state index in [0.717, 1.165) is 42.7 Å². The van der Waals surface area contributed by atoms with E-state index < -0.39 is 0 Å². The summed E-state index contributed by atoms with van der Waals surface area (Å²) in [4.78, 5) is 0. The summed E-state index contributed by atoms with van der Waals surface area (Å²) in [5.74, 6) is 0.945. The summed E-state index contributed by atoms with van der Waals surface area (Å²) in [6.45, 7) is 20.8. The van der Waals surface area contributed by atoms with Crippen molar-refractivity contribution in [2.24, 2.45) is 5.92 Å². The number of hydrogen-bond acceptors (Lipinski definition) is 0. The number of aryl methyl sites for hydroxylation is 3. The molecule has 1 fully saturated rings. The van der Waals surface area contributed by atoms with Crippen LogP contribution in [0.2, 0.25) is 0 Å². The number of hydrogen-bond donors (Lipinski definition) is 0. The van der Waals surface area contributed by atoms with Crippen molar-refractivity contribution in [2.45, 2.75) is 113 Å². The zero-order chi connectivity index (χ0) is 30.1. The van der Waals surface area contributed by atoms with E-state index in [1.807, 2.05) is 33.8 Å². The molecule has 0 amide bonds. The second-order valence-corrected chi connectivity index (χ2v) is 9.70. The maximum Gasteiger partial charge on any atom is 0.123 e. The van der Waals surface area contributed by atoms with Crippen molar-refractivity contribution < 1.29 is 4.39 Å². The van der Waals surface area contributed by atoms with Gasteiger partial charge in [0.05, 0.1) is 0 Å². The van der Waals surface area contributed by atoms with Crippen molar-refractivity contribution in [1.82, 2.24) is 0 Å². The SMILES string of the molecule is C#C.C/C=C\C(=C/C)CC.C=C(C)c1ccc(C)cc1CCCc1cccc(F)c1.CC.CCC1CCCC1. The Hall–Kier alpha value is -2.85. The number of allylic oxidation sites excluding steroid dienone is 5. The first-order chi connectivity index (χ1) is 18.8. The lowest BCUT2D eigenvalue weighted by Crippen LogP contribution is -1.96. The van der Waals surface area contributed by atoms with E-state index in [1.54, 1.807) is 12.1 Å². The van der Waals surface area contributed by atoms with Crippen molar-refractivity contribution in [3.63, 3.8) is 0 Å². The molecule has 0 atom stereocenters. The molecule has 1 aliphatic rings. The molecular formula is C38H57F. The fourth-order valence-corrected chi connectivity index (χ4v) is 4.57. The molecule has 3 rings (SSSR count). The Morgan fingerprint density at radius 3 is 2.08 bits per heavy atom. The van der Waals surface area contributed by atoms with Gasteiger partial charge in [0, 0.05) is 0 Å². The lowest BCUT2D eigenvalue weighted by molar-refractivity contribution is 0.531. The molecule has 0 spiro atoms. The van der Waals surface area contributed by atoms with E-state index >= 15 is 0 Å². The first-order valence-electron chi connectivity index (χ1n) is 15.0. The van der Waals surface area contributed by atoms with Gasteiger partial charge in [0.2, 0.25) is 0 Å². The van der Waals surface area contributed by atoms with Crippen molar-refractivity contribution in [2.75, 3.05) is 0 Å². The summed E-state index contributed by atoms with van der Waals surface area (Å²) in [5.41, 5.74) is 7.44. The molecule has 1 saturated carbocycles. The van der Waals surface area contributed by atoms with Crippen molar-refractivity contribution in [3.8, 4) is 12.8 Å². The minimum absolute atomic E-state index is 0.152. The van der Waals surface area contributed by atoms with Gasteiger partial charge in [0.25, 0.3) is 0 Å². The fourth-order valence-electron chi connectivity index (χ4n) is 4.57. The summed E-state index contributed by atoms with van der Waals surface area (Å²) in [5, 5.41) is 0. The lowest BCUT2D eigenvalue weighted by Gasteiger charge is -2.10. The molecule has 0 unspecified atom stereocenters. The average molecular weight is 533 g/mol.